The van der Waals surface area contributed by atoms with Crippen LogP contribution < -0.4 is 4.90 Å². The third kappa shape index (κ3) is 2.22. The monoisotopic (exact) mass is 267 g/mol. The molecule has 6 heteroatoms. The predicted octanol–water partition coefficient (Wildman–Crippen LogP) is 2.08. The van der Waals surface area contributed by atoms with Gasteiger partial charge in [-0.15, -0.1) is 0 Å². The van der Waals surface area contributed by atoms with E-state index in [9.17, 15) is 14.4 Å². The van der Waals surface area contributed by atoms with Gasteiger partial charge in [0.1, 0.15) is 0 Å². The summed E-state index contributed by atoms with van der Waals surface area (Å²) in [6, 6.07) is 3.94. The third-order valence-electron chi connectivity index (χ3n) is 2.71. The molecule has 0 atom stereocenters. The van der Waals surface area contributed by atoms with Crippen LogP contribution in [0.2, 0.25) is 5.02 Å². The Morgan fingerprint density at radius 1 is 1.22 bits per heavy atom. The highest BCUT2D eigenvalue weighted by Crippen LogP contribution is 2.30. The van der Waals surface area contributed by atoms with E-state index in [2.05, 4.69) is 0 Å². The molecule has 1 heterocycles. The normalized spacial score (nSPS) is 15.9. The van der Waals surface area contributed by atoms with Gasteiger partial charge in [0, 0.05) is 12.8 Å². The summed E-state index contributed by atoms with van der Waals surface area (Å²) in [4.78, 5) is 35.3. The zero-order valence-electron chi connectivity index (χ0n) is 9.35. The summed E-state index contributed by atoms with van der Waals surface area (Å²) in [6.45, 7) is 0. The van der Waals surface area contributed by atoms with Crippen LogP contribution in [0.25, 0.3) is 0 Å². The molecule has 0 aromatic heterocycles. The molecule has 0 radical (unpaired) electrons. The number of anilines is 1. The van der Waals surface area contributed by atoms with Gasteiger partial charge in [-0.05, 0) is 24.6 Å². The number of halogens is 1. The molecule has 1 fully saturated rings. The maximum atomic E-state index is 11.7. The summed E-state index contributed by atoms with van der Waals surface area (Å²) in [5, 5.41) is 9.08. The number of rotatable bonds is 2. The molecular formula is C12H10ClNO4. The summed E-state index contributed by atoms with van der Waals surface area (Å²) in [6.07, 6.45) is 1.04. The summed E-state index contributed by atoms with van der Waals surface area (Å²) < 4.78 is 0. The third-order valence-corrected chi connectivity index (χ3v) is 3.03. The number of nitrogens with zero attached hydrogens (tertiary/aromatic N) is 1. The highest BCUT2D eigenvalue weighted by Gasteiger charge is 2.29. The first-order chi connectivity index (χ1) is 8.50. The van der Waals surface area contributed by atoms with Crippen LogP contribution in [0.5, 0.6) is 0 Å². The molecule has 1 aromatic carbocycles. The van der Waals surface area contributed by atoms with Gasteiger partial charge in [0.25, 0.3) is 0 Å². The van der Waals surface area contributed by atoms with Gasteiger partial charge < -0.3 is 5.11 Å². The number of carboxylic acid groups (broad SMARTS) is 1. The van der Waals surface area contributed by atoms with E-state index in [1.54, 1.807) is 0 Å². The molecule has 0 bridgehead atoms. The topological polar surface area (TPSA) is 74.7 Å². The fraction of sp³-hybridized carbons (Fsp3) is 0.250. The number of carboxylic acids is 1. The molecule has 2 amide bonds. The van der Waals surface area contributed by atoms with E-state index in [-0.39, 0.29) is 40.9 Å². The number of hydrogen-bond acceptors (Lipinski definition) is 3. The molecule has 0 saturated carbocycles. The van der Waals surface area contributed by atoms with Gasteiger partial charge in [0.15, 0.2) is 0 Å². The zero-order chi connectivity index (χ0) is 13.3. The fourth-order valence-electron chi connectivity index (χ4n) is 1.84. The Balaban J connectivity index is 2.48. The highest BCUT2D eigenvalue weighted by atomic mass is 35.5. The van der Waals surface area contributed by atoms with E-state index in [0.29, 0.717) is 6.42 Å². The van der Waals surface area contributed by atoms with Crippen LogP contribution in [-0.2, 0) is 9.59 Å². The van der Waals surface area contributed by atoms with Crippen molar-refractivity contribution in [2.75, 3.05) is 4.90 Å². The summed E-state index contributed by atoms with van der Waals surface area (Å²) >= 11 is 5.93. The van der Waals surface area contributed by atoms with E-state index >= 15 is 0 Å². The minimum absolute atomic E-state index is 0.0134. The van der Waals surface area contributed by atoms with Crippen molar-refractivity contribution in [2.45, 2.75) is 19.3 Å². The minimum atomic E-state index is -1.13. The molecule has 1 saturated heterocycles. The van der Waals surface area contributed by atoms with Crippen LogP contribution >= 0.6 is 11.6 Å². The number of imide groups is 1. The number of carbonyl (C=O) groups excluding carboxylic acids is 2. The Morgan fingerprint density at radius 2 is 1.83 bits per heavy atom. The number of carbonyl (C=O) groups is 3. The smallest absolute Gasteiger partial charge is 0.335 e. The van der Waals surface area contributed by atoms with E-state index in [4.69, 9.17) is 16.7 Å². The van der Waals surface area contributed by atoms with Crippen LogP contribution in [0.4, 0.5) is 5.69 Å². The van der Waals surface area contributed by atoms with E-state index < -0.39 is 5.97 Å². The number of amides is 2. The molecule has 5 nitrogen and oxygen atoms in total. The van der Waals surface area contributed by atoms with Gasteiger partial charge in [-0.3, -0.25) is 9.59 Å². The lowest BCUT2D eigenvalue weighted by atomic mass is 10.1. The Morgan fingerprint density at radius 3 is 2.39 bits per heavy atom. The second-order valence-corrected chi connectivity index (χ2v) is 4.35. The van der Waals surface area contributed by atoms with Crippen molar-refractivity contribution in [1.82, 2.24) is 0 Å². The number of aromatic carboxylic acids is 1. The van der Waals surface area contributed by atoms with Gasteiger partial charge in [-0.25, -0.2) is 9.69 Å². The second-order valence-electron chi connectivity index (χ2n) is 3.95. The van der Waals surface area contributed by atoms with Gasteiger partial charge >= 0.3 is 5.97 Å². The van der Waals surface area contributed by atoms with E-state index in [0.717, 1.165) is 4.90 Å². The van der Waals surface area contributed by atoms with Crippen LogP contribution in [0.3, 0.4) is 0 Å². The van der Waals surface area contributed by atoms with Crippen molar-refractivity contribution < 1.29 is 19.5 Å². The molecule has 0 unspecified atom stereocenters. The Labute approximate surface area is 108 Å². The van der Waals surface area contributed by atoms with Crippen molar-refractivity contribution in [3.05, 3.63) is 28.8 Å². The van der Waals surface area contributed by atoms with Crippen molar-refractivity contribution in [3.63, 3.8) is 0 Å². The SMILES string of the molecule is O=C(O)c1ccc(Cl)c(N2C(=O)CCCC2=O)c1. The number of piperidine rings is 1. The van der Waals surface area contributed by atoms with E-state index in [1.807, 2.05) is 0 Å². The molecule has 1 N–H and O–H groups in total. The molecule has 1 aromatic rings. The molecule has 94 valence electrons. The molecule has 0 aliphatic carbocycles. The minimum Gasteiger partial charge on any atom is -0.478 e. The first-order valence-electron chi connectivity index (χ1n) is 5.39. The maximum absolute atomic E-state index is 11.7. The molecular weight excluding hydrogens is 258 g/mol. The van der Waals surface area contributed by atoms with Gasteiger partial charge in [0.2, 0.25) is 11.8 Å². The Hall–Kier alpha value is -1.88. The first kappa shape index (κ1) is 12.6. The average molecular weight is 268 g/mol. The van der Waals surface area contributed by atoms with E-state index in [1.165, 1.54) is 18.2 Å². The van der Waals surface area contributed by atoms with Crippen molar-refractivity contribution in [3.8, 4) is 0 Å². The molecule has 2 rings (SSSR count). The predicted molar refractivity (Wildman–Crippen MR) is 64.8 cm³/mol. The lowest BCUT2D eigenvalue weighted by Crippen LogP contribution is -2.40. The summed E-state index contributed by atoms with van der Waals surface area (Å²) in [5.41, 5.74) is 0.131. The van der Waals surface area contributed by atoms with Crippen molar-refractivity contribution >= 4 is 35.1 Å². The summed E-state index contributed by atoms with van der Waals surface area (Å²) in [5.74, 6) is -1.84. The Kier molecular flexibility index (Phi) is 3.34. The standard InChI is InChI=1S/C12H10ClNO4/c13-8-5-4-7(12(17)18)6-9(8)14-10(15)2-1-3-11(14)16/h4-6H,1-3H2,(H,17,18). The molecule has 0 spiro atoms. The van der Waals surface area contributed by atoms with Crippen molar-refractivity contribution in [1.29, 1.82) is 0 Å². The average Bonchev–Trinajstić information content (AvgIpc) is 2.30. The van der Waals surface area contributed by atoms with Crippen LogP contribution in [-0.4, -0.2) is 22.9 Å². The van der Waals surface area contributed by atoms with Crippen LogP contribution in [0.15, 0.2) is 18.2 Å². The lowest BCUT2D eigenvalue weighted by molar-refractivity contribution is -0.129. The summed E-state index contributed by atoms with van der Waals surface area (Å²) in [7, 11) is 0. The quantitative estimate of drug-likeness (QED) is 0.833. The highest BCUT2D eigenvalue weighted by molar-refractivity contribution is 6.35. The molecule has 1 aliphatic heterocycles. The fourth-order valence-corrected chi connectivity index (χ4v) is 2.04. The first-order valence-corrected chi connectivity index (χ1v) is 5.77. The number of benzene rings is 1. The Bertz CT molecular complexity index is 525. The van der Waals surface area contributed by atoms with Gasteiger partial charge in [0.05, 0.1) is 16.3 Å². The van der Waals surface area contributed by atoms with Gasteiger partial charge in [-0.2, -0.15) is 0 Å². The van der Waals surface area contributed by atoms with Gasteiger partial charge in [-0.1, -0.05) is 11.6 Å². The second kappa shape index (κ2) is 4.78. The maximum Gasteiger partial charge on any atom is 0.335 e. The zero-order valence-corrected chi connectivity index (χ0v) is 10.1. The van der Waals surface area contributed by atoms with Crippen molar-refractivity contribution in [2.24, 2.45) is 0 Å². The van der Waals surface area contributed by atoms with Crippen LogP contribution in [0, 0.1) is 0 Å². The lowest BCUT2D eigenvalue weighted by Gasteiger charge is -2.25. The molecule has 1 aliphatic rings. The molecule has 18 heavy (non-hydrogen) atoms. The van der Waals surface area contributed by atoms with Crippen LogP contribution in [0.1, 0.15) is 29.6 Å². The number of hydrogen-bond donors (Lipinski definition) is 1. The largest absolute Gasteiger partial charge is 0.478 e.